The normalized spacial score (nSPS) is 19.2. The highest BCUT2D eigenvalue weighted by Crippen LogP contribution is 2.10. The van der Waals surface area contributed by atoms with Gasteiger partial charge in [-0.15, -0.1) is 0 Å². The molecule has 2 N–H and O–H groups in total. The van der Waals surface area contributed by atoms with Crippen molar-refractivity contribution in [2.24, 2.45) is 0 Å². The summed E-state index contributed by atoms with van der Waals surface area (Å²) in [5.74, 6) is -1.38. The van der Waals surface area contributed by atoms with Crippen LogP contribution >= 0.6 is 0 Å². The number of carbonyl (C=O) groups excluding carboxylic acids is 3. The van der Waals surface area contributed by atoms with E-state index in [1.165, 1.54) is 25.2 Å². The van der Waals surface area contributed by atoms with Crippen molar-refractivity contribution in [3.05, 3.63) is 34.2 Å². The van der Waals surface area contributed by atoms with E-state index in [2.05, 4.69) is 10.3 Å². The molecular formula is C11H11N3O4. The molecule has 0 bridgehead atoms. The number of hydrogen-bond donors (Lipinski definition) is 2. The molecule has 7 heteroatoms. The third kappa shape index (κ3) is 2.15. The molecule has 1 fully saturated rings. The summed E-state index contributed by atoms with van der Waals surface area (Å²) < 4.78 is 0. The first-order valence-electron chi connectivity index (χ1n) is 5.29. The fourth-order valence-corrected chi connectivity index (χ4v) is 1.68. The first-order valence-corrected chi connectivity index (χ1v) is 5.29. The van der Waals surface area contributed by atoms with Gasteiger partial charge in [-0.25, -0.2) is 0 Å². The smallest absolute Gasteiger partial charge is 0.268 e. The Hall–Kier alpha value is -2.44. The Balaban J connectivity index is 2.11. The van der Waals surface area contributed by atoms with Crippen LogP contribution in [0.1, 0.15) is 16.9 Å². The van der Waals surface area contributed by atoms with E-state index in [9.17, 15) is 19.2 Å². The number of likely N-dealkylation sites (N-methyl/N-ethyl adjacent to an activating group) is 1. The van der Waals surface area contributed by atoms with Crippen molar-refractivity contribution in [3.63, 3.8) is 0 Å². The highest BCUT2D eigenvalue weighted by molar-refractivity contribution is 6.07. The first kappa shape index (κ1) is 12.0. The molecule has 0 aliphatic carbocycles. The fraction of sp³-hybridized carbons (Fsp3) is 0.273. The summed E-state index contributed by atoms with van der Waals surface area (Å²) in [4.78, 5) is 48.9. The highest BCUT2D eigenvalue weighted by atomic mass is 16.2. The van der Waals surface area contributed by atoms with Crippen molar-refractivity contribution < 1.29 is 14.4 Å². The van der Waals surface area contributed by atoms with Gasteiger partial charge in [-0.05, 0) is 6.07 Å². The average Bonchev–Trinajstić information content (AvgIpc) is 2.57. The predicted molar refractivity (Wildman–Crippen MR) is 60.7 cm³/mol. The lowest BCUT2D eigenvalue weighted by Gasteiger charge is -2.10. The van der Waals surface area contributed by atoms with E-state index < -0.39 is 23.4 Å². The quantitative estimate of drug-likeness (QED) is 0.647. The molecule has 1 unspecified atom stereocenters. The van der Waals surface area contributed by atoms with Crippen LogP contribution in [0, 0.1) is 0 Å². The molecule has 2 heterocycles. The summed E-state index contributed by atoms with van der Waals surface area (Å²) in [6.45, 7) is 0. The zero-order valence-electron chi connectivity index (χ0n) is 9.60. The van der Waals surface area contributed by atoms with Gasteiger partial charge in [-0.3, -0.25) is 24.1 Å². The van der Waals surface area contributed by atoms with Crippen molar-refractivity contribution in [2.45, 2.75) is 12.5 Å². The monoisotopic (exact) mass is 249 g/mol. The van der Waals surface area contributed by atoms with Gasteiger partial charge in [0.05, 0.1) is 6.42 Å². The minimum atomic E-state index is -0.862. The third-order valence-corrected chi connectivity index (χ3v) is 2.70. The number of aromatic nitrogens is 1. The van der Waals surface area contributed by atoms with Crippen LogP contribution in [-0.4, -0.2) is 40.7 Å². The third-order valence-electron chi connectivity index (χ3n) is 2.70. The Morgan fingerprint density at radius 2 is 2.11 bits per heavy atom. The molecule has 2 rings (SSSR count). The first-order chi connectivity index (χ1) is 8.49. The van der Waals surface area contributed by atoms with Crippen LogP contribution in [0.4, 0.5) is 0 Å². The van der Waals surface area contributed by atoms with Crippen molar-refractivity contribution in [3.8, 4) is 0 Å². The van der Waals surface area contributed by atoms with Crippen molar-refractivity contribution in [1.82, 2.24) is 15.2 Å². The van der Waals surface area contributed by atoms with Gasteiger partial charge in [-0.2, -0.15) is 0 Å². The van der Waals surface area contributed by atoms with Crippen molar-refractivity contribution in [2.75, 3.05) is 7.05 Å². The number of rotatable bonds is 2. The van der Waals surface area contributed by atoms with Gasteiger partial charge in [0.25, 0.3) is 11.8 Å². The highest BCUT2D eigenvalue weighted by Gasteiger charge is 2.37. The lowest BCUT2D eigenvalue weighted by atomic mass is 10.2. The Bertz CT molecular complexity index is 578. The maximum atomic E-state index is 11.7. The molecule has 3 amide bonds. The van der Waals surface area contributed by atoms with Crippen LogP contribution < -0.4 is 10.9 Å². The van der Waals surface area contributed by atoms with E-state index in [-0.39, 0.29) is 18.0 Å². The Morgan fingerprint density at radius 3 is 2.67 bits per heavy atom. The number of likely N-dealkylation sites (tertiary alicyclic amines) is 1. The van der Waals surface area contributed by atoms with Gasteiger partial charge < -0.3 is 10.3 Å². The number of amides is 3. The summed E-state index contributed by atoms with van der Waals surface area (Å²) >= 11 is 0. The molecule has 7 nitrogen and oxygen atoms in total. The van der Waals surface area contributed by atoms with Crippen LogP contribution in [0.3, 0.4) is 0 Å². The molecular weight excluding hydrogens is 238 g/mol. The number of H-pyrrole nitrogens is 1. The number of nitrogens with one attached hydrogen (secondary N) is 2. The van der Waals surface area contributed by atoms with Crippen LogP contribution in [0.15, 0.2) is 23.0 Å². The van der Waals surface area contributed by atoms with E-state index in [1.54, 1.807) is 0 Å². The minimum Gasteiger partial charge on any atom is -0.338 e. The summed E-state index contributed by atoms with van der Waals surface area (Å²) in [7, 11) is 1.36. The number of hydrogen-bond acceptors (Lipinski definition) is 4. The maximum absolute atomic E-state index is 11.7. The summed E-state index contributed by atoms with van der Waals surface area (Å²) in [6.07, 6.45) is -0.0574. The largest absolute Gasteiger partial charge is 0.338 e. The number of pyridine rings is 1. The predicted octanol–water partition coefficient (Wildman–Crippen LogP) is -1.14. The number of aromatic amines is 1. The molecule has 0 saturated carbocycles. The topological polar surface area (TPSA) is 99.3 Å². The molecule has 0 radical (unpaired) electrons. The number of carbonyl (C=O) groups is 3. The molecule has 1 aromatic rings. The van der Waals surface area contributed by atoms with Crippen LogP contribution in [0.25, 0.3) is 0 Å². The molecule has 1 atom stereocenters. The van der Waals surface area contributed by atoms with E-state index in [0.29, 0.717) is 0 Å². The molecule has 1 aliphatic rings. The van der Waals surface area contributed by atoms with E-state index in [4.69, 9.17) is 0 Å². The molecule has 1 aromatic heterocycles. The Kier molecular flexibility index (Phi) is 2.97. The van der Waals surface area contributed by atoms with Crippen LogP contribution in [0.5, 0.6) is 0 Å². The summed E-state index contributed by atoms with van der Waals surface area (Å²) in [5.41, 5.74) is -0.356. The maximum Gasteiger partial charge on any atom is 0.268 e. The molecule has 18 heavy (non-hydrogen) atoms. The molecule has 0 aromatic carbocycles. The Labute approximate surface area is 102 Å². The van der Waals surface area contributed by atoms with E-state index in [0.717, 1.165) is 4.90 Å². The standard InChI is InChI=1S/C11H11N3O4/c1-14-9(16)5-7(11(14)18)13-10(17)6-3-2-4-8(15)12-6/h2-4,7H,5H2,1H3,(H,12,15)(H,13,17). The zero-order chi connectivity index (χ0) is 13.3. The molecule has 1 saturated heterocycles. The van der Waals surface area contributed by atoms with Crippen molar-refractivity contribution >= 4 is 17.7 Å². The van der Waals surface area contributed by atoms with Gasteiger partial charge in [0, 0.05) is 13.1 Å². The van der Waals surface area contributed by atoms with E-state index in [1.807, 2.05) is 0 Å². The SMILES string of the molecule is CN1C(=O)CC(NC(=O)c2cccc(=O)[nH]2)C1=O. The lowest BCUT2D eigenvalue weighted by Crippen LogP contribution is -2.41. The summed E-state index contributed by atoms with van der Waals surface area (Å²) in [6, 6.07) is 3.26. The molecule has 0 spiro atoms. The Morgan fingerprint density at radius 1 is 1.39 bits per heavy atom. The van der Waals surface area contributed by atoms with Gasteiger partial charge in [-0.1, -0.05) is 6.07 Å². The second kappa shape index (κ2) is 4.44. The van der Waals surface area contributed by atoms with Crippen LogP contribution in [-0.2, 0) is 9.59 Å². The van der Waals surface area contributed by atoms with Gasteiger partial charge in [0.2, 0.25) is 11.5 Å². The average molecular weight is 249 g/mol. The molecule has 1 aliphatic heterocycles. The minimum absolute atomic E-state index is 0.0531. The van der Waals surface area contributed by atoms with Gasteiger partial charge in [0.15, 0.2) is 0 Å². The number of imide groups is 1. The summed E-state index contributed by atoms with van der Waals surface area (Å²) in [5, 5.41) is 2.41. The lowest BCUT2D eigenvalue weighted by molar-refractivity contribution is -0.137. The number of nitrogens with zero attached hydrogens (tertiary/aromatic N) is 1. The van der Waals surface area contributed by atoms with Gasteiger partial charge >= 0.3 is 0 Å². The van der Waals surface area contributed by atoms with Gasteiger partial charge in [0.1, 0.15) is 11.7 Å². The van der Waals surface area contributed by atoms with E-state index >= 15 is 0 Å². The van der Waals surface area contributed by atoms with Crippen molar-refractivity contribution in [1.29, 1.82) is 0 Å². The molecule has 94 valence electrons. The second-order valence-corrected chi connectivity index (χ2v) is 3.95. The second-order valence-electron chi connectivity index (χ2n) is 3.95. The zero-order valence-corrected chi connectivity index (χ0v) is 9.60. The van der Waals surface area contributed by atoms with Crippen LogP contribution in [0.2, 0.25) is 0 Å². The fourth-order valence-electron chi connectivity index (χ4n) is 1.68.